The summed E-state index contributed by atoms with van der Waals surface area (Å²) in [6, 6.07) is 6.36. The second kappa shape index (κ2) is 5.18. The van der Waals surface area contributed by atoms with Crippen LogP contribution in [0.15, 0.2) is 34.9 Å². The van der Waals surface area contributed by atoms with Gasteiger partial charge in [0.1, 0.15) is 12.4 Å². The lowest BCUT2D eigenvalue weighted by atomic mass is 10.3. The van der Waals surface area contributed by atoms with Gasteiger partial charge in [0.25, 0.3) is 0 Å². The maximum absolute atomic E-state index is 13.4. The lowest BCUT2D eigenvalue weighted by Gasteiger charge is -2.07. The Balaban J connectivity index is 1.90. The minimum Gasteiger partial charge on any atom is -0.489 e. The summed E-state index contributed by atoms with van der Waals surface area (Å²) < 4.78 is 21.0. The molecule has 0 spiro atoms. The van der Waals surface area contributed by atoms with Crippen LogP contribution in [-0.2, 0) is 6.54 Å². The summed E-state index contributed by atoms with van der Waals surface area (Å²) in [6.45, 7) is 0.854. The zero-order chi connectivity index (χ0) is 12.3. The Bertz CT molecular complexity index is 515. The summed E-state index contributed by atoms with van der Waals surface area (Å²) in [5, 5.41) is 3.99. The van der Waals surface area contributed by atoms with Gasteiger partial charge in [-0.15, -0.1) is 0 Å². The molecule has 4 nitrogen and oxygen atoms in total. The molecule has 0 radical (unpaired) electrons. The molecule has 0 fully saturated rings. The standard InChI is InChI=1S/C11H11BrFN3O/c12-8-1-2-10(9(13)7-8)17-6-5-16-4-3-11(14)15-16/h1-4,7H,5-6H2,(H2,14,15). The van der Waals surface area contributed by atoms with Gasteiger partial charge < -0.3 is 10.5 Å². The number of nitrogens with two attached hydrogens (primary N) is 1. The largest absolute Gasteiger partial charge is 0.489 e. The van der Waals surface area contributed by atoms with Crippen molar-refractivity contribution in [2.24, 2.45) is 0 Å². The second-order valence-electron chi connectivity index (χ2n) is 3.43. The fraction of sp³-hybridized carbons (Fsp3) is 0.182. The summed E-state index contributed by atoms with van der Waals surface area (Å²) in [6.07, 6.45) is 1.75. The molecule has 1 aromatic heterocycles. The molecular formula is C11H11BrFN3O. The zero-order valence-corrected chi connectivity index (χ0v) is 10.5. The lowest BCUT2D eigenvalue weighted by Crippen LogP contribution is -2.09. The molecule has 0 unspecified atom stereocenters. The molecule has 6 heteroatoms. The van der Waals surface area contributed by atoms with Crippen molar-refractivity contribution in [2.45, 2.75) is 6.54 Å². The van der Waals surface area contributed by atoms with Gasteiger partial charge in [0.05, 0.1) is 6.54 Å². The van der Waals surface area contributed by atoms with E-state index in [4.69, 9.17) is 10.5 Å². The molecule has 2 N–H and O–H groups in total. The highest BCUT2D eigenvalue weighted by molar-refractivity contribution is 9.10. The monoisotopic (exact) mass is 299 g/mol. The van der Waals surface area contributed by atoms with E-state index in [0.29, 0.717) is 23.4 Å². The van der Waals surface area contributed by atoms with Crippen LogP contribution in [0.1, 0.15) is 0 Å². The van der Waals surface area contributed by atoms with Crippen LogP contribution in [0.2, 0.25) is 0 Å². The molecule has 0 saturated carbocycles. The molecule has 17 heavy (non-hydrogen) atoms. The summed E-state index contributed by atoms with van der Waals surface area (Å²) in [5.74, 6) is 0.299. The summed E-state index contributed by atoms with van der Waals surface area (Å²) in [4.78, 5) is 0. The van der Waals surface area contributed by atoms with Gasteiger partial charge in [0, 0.05) is 10.7 Å². The number of ether oxygens (including phenoxy) is 1. The third kappa shape index (κ3) is 3.20. The molecule has 2 aromatic rings. The molecular weight excluding hydrogens is 289 g/mol. The van der Waals surface area contributed by atoms with Crippen molar-refractivity contribution in [3.63, 3.8) is 0 Å². The fourth-order valence-electron chi connectivity index (χ4n) is 1.34. The number of anilines is 1. The van der Waals surface area contributed by atoms with E-state index in [1.54, 1.807) is 29.1 Å². The number of halogens is 2. The summed E-state index contributed by atoms with van der Waals surface area (Å²) in [7, 11) is 0. The Labute approximate surface area is 106 Å². The van der Waals surface area contributed by atoms with Crippen molar-refractivity contribution in [1.29, 1.82) is 0 Å². The van der Waals surface area contributed by atoms with Crippen LogP contribution in [-0.4, -0.2) is 16.4 Å². The highest BCUT2D eigenvalue weighted by Crippen LogP contribution is 2.21. The third-order valence-corrected chi connectivity index (χ3v) is 2.63. The van der Waals surface area contributed by atoms with Gasteiger partial charge in [-0.25, -0.2) is 4.39 Å². The zero-order valence-electron chi connectivity index (χ0n) is 8.94. The molecule has 0 amide bonds. The predicted octanol–water partition coefficient (Wildman–Crippen LogP) is 2.45. The van der Waals surface area contributed by atoms with E-state index in [1.165, 1.54) is 6.07 Å². The first-order chi connectivity index (χ1) is 8.15. The van der Waals surface area contributed by atoms with Crippen molar-refractivity contribution < 1.29 is 9.13 Å². The van der Waals surface area contributed by atoms with Gasteiger partial charge in [0.2, 0.25) is 0 Å². The number of rotatable bonds is 4. The fourth-order valence-corrected chi connectivity index (χ4v) is 1.68. The van der Waals surface area contributed by atoms with Crippen LogP contribution in [0.25, 0.3) is 0 Å². The Hall–Kier alpha value is -1.56. The quantitative estimate of drug-likeness (QED) is 0.943. The number of nitrogens with zero attached hydrogens (tertiary/aromatic N) is 2. The molecule has 1 heterocycles. The van der Waals surface area contributed by atoms with E-state index in [0.717, 1.165) is 0 Å². The van der Waals surface area contributed by atoms with Crippen LogP contribution in [0.4, 0.5) is 10.2 Å². The van der Waals surface area contributed by atoms with E-state index >= 15 is 0 Å². The normalized spacial score (nSPS) is 10.5. The van der Waals surface area contributed by atoms with E-state index in [-0.39, 0.29) is 11.6 Å². The smallest absolute Gasteiger partial charge is 0.166 e. The first kappa shape index (κ1) is 11.9. The minimum absolute atomic E-state index is 0.230. The molecule has 90 valence electrons. The van der Waals surface area contributed by atoms with E-state index in [2.05, 4.69) is 21.0 Å². The number of hydrogen-bond donors (Lipinski definition) is 1. The molecule has 0 aliphatic carbocycles. The Kier molecular flexibility index (Phi) is 3.63. The highest BCUT2D eigenvalue weighted by atomic mass is 79.9. The molecule has 0 saturated heterocycles. The van der Waals surface area contributed by atoms with E-state index in [9.17, 15) is 4.39 Å². The van der Waals surface area contributed by atoms with Crippen LogP contribution in [0, 0.1) is 5.82 Å². The Morgan fingerprint density at radius 2 is 2.24 bits per heavy atom. The van der Waals surface area contributed by atoms with Gasteiger partial charge in [0.15, 0.2) is 11.6 Å². The molecule has 2 rings (SSSR count). The van der Waals surface area contributed by atoms with Crippen LogP contribution in [0.3, 0.4) is 0 Å². The van der Waals surface area contributed by atoms with Crippen molar-refractivity contribution in [3.05, 3.63) is 40.8 Å². The molecule has 0 bridgehead atoms. The summed E-state index contributed by atoms with van der Waals surface area (Å²) in [5.41, 5.74) is 5.46. The van der Waals surface area contributed by atoms with Crippen molar-refractivity contribution in [3.8, 4) is 5.75 Å². The SMILES string of the molecule is Nc1ccn(CCOc2ccc(Br)cc2F)n1. The van der Waals surface area contributed by atoms with Crippen molar-refractivity contribution in [1.82, 2.24) is 9.78 Å². The minimum atomic E-state index is -0.389. The van der Waals surface area contributed by atoms with Crippen LogP contribution >= 0.6 is 15.9 Å². The molecule has 1 aromatic carbocycles. The van der Waals surface area contributed by atoms with Gasteiger partial charge in [-0.2, -0.15) is 5.10 Å². The predicted molar refractivity (Wildman–Crippen MR) is 66.2 cm³/mol. The number of nitrogen functional groups attached to an aromatic ring is 1. The number of hydrogen-bond acceptors (Lipinski definition) is 3. The van der Waals surface area contributed by atoms with Crippen LogP contribution < -0.4 is 10.5 Å². The summed E-state index contributed by atoms with van der Waals surface area (Å²) >= 11 is 3.18. The number of aromatic nitrogens is 2. The van der Waals surface area contributed by atoms with Crippen LogP contribution in [0.5, 0.6) is 5.75 Å². The Morgan fingerprint density at radius 1 is 1.41 bits per heavy atom. The lowest BCUT2D eigenvalue weighted by molar-refractivity contribution is 0.278. The van der Waals surface area contributed by atoms with Gasteiger partial charge in [-0.1, -0.05) is 15.9 Å². The van der Waals surface area contributed by atoms with E-state index < -0.39 is 0 Å². The molecule has 0 atom stereocenters. The van der Waals surface area contributed by atoms with E-state index in [1.807, 2.05) is 0 Å². The molecule has 0 aliphatic heterocycles. The van der Waals surface area contributed by atoms with Crippen molar-refractivity contribution >= 4 is 21.7 Å². The third-order valence-electron chi connectivity index (χ3n) is 2.13. The maximum atomic E-state index is 13.4. The van der Waals surface area contributed by atoms with Gasteiger partial charge >= 0.3 is 0 Å². The maximum Gasteiger partial charge on any atom is 0.166 e. The van der Waals surface area contributed by atoms with Crippen molar-refractivity contribution in [2.75, 3.05) is 12.3 Å². The Morgan fingerprint density at radius 3 is 2.88 bits per heavy atom. The van der Waals surface area contributed by atoms with Gasteiger partial charge in [-0.3, -0.25) is 4.68 Å². The second-order valence-corrected chi connectivity index (χ2v) is 4.34. The topological polar surface area (TPSA) is 53.1 Å². The highest BCUT2D eigenvalue weighted by Gasteiger charge is 2.03. The first-order valence-electron chi connectivity index (χ1n) is 5.02. The molecule has 0 aliphatic rings. The van der Waals surface area contributed by atoms with Gasteiger partial charge in [-0.05, 0) is 24.3 Å². The average molecular weight is 300 g/mol. The average Bonchev–Trinajstić information content (AvgIpc) is 2.68. The number of benzene rings is 1. The first-order valence-corrected chi connectivity index (χ1v) is 5.81.